The van der Waals surface area contributed by atoms with Gasteiger partial charge < -0.3 is 9.64 Å². The molecule has 0 N–H and O–H groups in total. The van der Waals surface area contributed by atoms with Crippen LogP contribution in [0.4, 0.5) is 17.1 Å². The van der Waals surface area contributed by atoms with E-state index >= 15 is 0 Å². The summed E-state index contributed by atoms with van der Waals surface area (Å²) in [6.45, 7) is 0. The van der Waals surface area contributed by atoms with Gasteiger partial charge in [-0.2, -0.15) is 0 Å². The molecule has 0 amide bonds. The quantitative estimate of drug-likeness (QED) is 0.178. The smallest absolute Gasteiger partial charge is 0.133 e. The van der Waals surface area contributed by atoms with Gasteiger partial charge in [-0.15, -0.1) is 22.7 Å². The summed E-state index contributed by atoms with van der Waals surface area (Å²) in [6.07, 6.45) is 0. The fourth-order valence-corrected chi connectivity index (χ4v) is 12.2. The predicted octanol–water partition coefficient (Wildman–Crippen LogP) is 15.5. The maximum atomic E-state index is 6.85. The molecule has 0 saturated heterocycles. The molecule has 1 aliphatic heterocycles. The van der Waals surface area contributed by atoms with Gasteiger partial charge >= 0.3 is 0 Å². The summed E-state index contributed by atoms with van der Waals surface area (Å²) in [4.78, 5) is 2.40. The minimum atomic E-state index is -0.484. The first kappa shape index (κ1) is 31.5. The molecule has 0 unspecified atom stereocenters. The van der Waals surface area contributed by atoms with Gasteiger partial charge in [-0.1, -0.05) is 121 Å². The Morgan fingerprint density at radius 2 is 0.877 bits per heavy atom. The highest BCUT2D eigenvalue weighted by molar-refractivity contribution is 7.26. The van der Waals surface area contributed by atoms with Crippen LogP contribution in [0, 0.1) is 0 Å². The first-order chi connectivity index (χ1) is 28.2. The van der Waals surface area contributed by atoms with Crippen LogP contribution in [0.25, 0.3) is 62.2 Å². The van der Waals surface area contributed by atoms with Crippen molar-refractivity contribution in [3.8, 4) is 22.6 Å². The van der Waals surface area contributed by atoms with E-state index in [9.17, 15) is 0 Å². The van der Waals surface area contributed by atoms with E-state index in [1.807, 2.05) is 22.7 Å². The molecule has 11 aromatic rings. The van der Waals surface area contributed by atoms with Crippen LogP contribution in [0.5, 0.6) is 11.5 Å². The number of hydrogen-bond donors (Lipinski definition) is 0. The largest absolute Gasteiger partial charge is 0.457 e. The zero-order chi connectivity index (χ0) is 37.2. The third kappa shape index (κ3) is 4.34. The standard InChI is InChI=1S/C53H31NOS2/c1-2-14-34(15-3-1)54(35-22-24-39-41-26-32-12-4-5-13-33(32)27-49(41)56-50(39)28-35)36-23-25-40-42-30-46-48(31-52(42)57-51(40)29-36)55-47-21-11-10-20-45(47)53(46)43-18-8-6-16-37(43)38-17-7-9-19-44(38)53/h1-31H. The Morgan fingerprint density at radius 3 is 1.56 bits per heavy atom. The molecule has 9 aromatic carbocycles. The molecule has 0 atom stereocenters. The van der Waals surface area contributed by atoms with Crippen LogP contribution >= 0.6 is 22.7 Å². The Kier molecular flexibility index (Phi) is 6.44. The van der Waals surface area contributed by atoms with Crippen molar-refractivity contribution in [3.63, 3.8) is 0 Å². The molecule has 2 aromatic heterocycles. The summed E-state index contributed by atoms with van der Waals surface area (Å²) in [5.74, 6) is 1.84. The van der Waals surface area contributed by atoms with Gasteiger partial charge in [-0.3, -0.25) is 0 Å². The van der Waals surface area contributed by atoms with E-state index in [-0.39, 0.29) is 0 Å². The lowest BCUT2D eigenvalue weighted by Gasteiger charge is -2.39. The molecule has 0 saturated carbocycles. The van der Waals surface area contributed by atoms with Crippen LogP contribution in [-0.4, -0.2) is 0 Å². The van der Waals surface area contributed by atoms with E-state index in [4.69, 9.17) is 4.74 Å². The number of para-hydroxylation sites is 2. The predicted molar refractivity (Wildman–Crippen MR) is 242 cm³/mol. The maximum absolute atomic E-state index is 6.85. The zero-order valence-corrected chi connectivity index (χ0v) is 32.2. The second kappa shape index (κ2) is 11.7. The Hall–Kier alpha value is -6.72. The molecule has 1 spiro atoms. The molecular formula is C53H31NOS2. The minimum Gasteiger partial charge on any atom is -0.457 e. The molecule has 2 aliphatic rings. The van der Waals surface area contributed by atoms with Crippen LogP contribution in [0.3, 0.4) is 0 Å². The summed E-state index contributed by atoms with van der Waals surface area (Å²) in [6, 6.07) is 69.3. The molecule has 2 nitrogen and oxygen atoms in total. The Labute approximate surface area is 337 Å². The van der Waals surface area contributed by atoms with E-state index in [0.717, 1.165) is 28.6 Å². The van der Waals surface area contributed by atoms with Gasteiger partial charge in [0.05, 0.1) is 5.41 Å². The van der Waals surface area contributed by atoms with Gasteiger partial charge in [0.1, 0.15) is 11.5 Å². The summed E-state index contributed by atoms with van der Waals surface area (Å²) in [7, 11) is 0. The van der Waals surface area contributed by atoms with Crippen molar-refractivity contribution in [1.29, 1.82) is 0 Å². The van der Waals surface area contributed by atoms with Crippen molar-refractivity contribution in [3.05, 3.63) is 210 Å². The van der Waals surface area contributed by atoms with Crippen LogP contribution in [0.15, 0.2) is 188 Å². The van der Waals surface area contributed by atoms with Crippen molar-refractivity contribution in [2.24, 2.45) is 0 Å². The number of benzene rings is 9. The Balaban J connectivity index is 1.00. The molecule has 0 radical (unpaired) electrons. The zero-order valence-electron chi connectivity index (χ0n) is 30.6. The number of ether oxygens (including phenoxy) is 1. The second-order valence-electron chi connectivity index (χ2n) is 15.2. The van der Waals surface area contributed by atoms with Gasteiger partial charge in [-0.25, -0.2) is 0 Å². The Bertz CT molecular complexity index is 3420. The number of rotatable bonds is 3. The van der Waals surface area contributed by atoms with Crippen LogP contribution in [0.1, 0.15) is 22.3 Å². The molecule has 1 aliphatic carbocycles. The second-order valence-corrected chi connectivity index (χ2v) is 17.4. The SMILES string of the molecule is c1ccc(N(c2ccc3c(c2)sc2cc4c(cc23)C2(c3ccccc3O4)c3ccccc3-c3ccccc32)c2ccc3c(c2)sc2cc4ccccc4cc23)cc1. The topological polar surface area (TPSA) is 12.5 Å². The van der Waals surface area contributed by atoms with Crippen LogP contribution in [-0.2, 0) is 5.41 Å². The maximum Gasteiger partial charge on any atom is 0.133 e. The number of hydrogen-bond acceptors (Lipinski definition) is 4. The van der Waals surface area contributed by atoms with Crippen molar-refractivity contribution in [1.82, 2.24) is 0 Å². The van der Waals surface area contributed by atoms with Gasteiger partial charge in [-0.05, 0) is 99.8 Å². The number of anilines is 3. The van der Waals surface area contributed by atoms with Crippen molar-refractivity contribution >= 4 is 90.9 Å². The lowest BCUT2D eigenvalue weighted by Crippen LogP contribution is -2.32. The molecule has 3 heterocycles. The number of thiophene rings is 2. The van der Waals surface area contributed by atoms with E-state index in [1.165, 1.54) is 84.5 Å². The Morgan fingerprint density at radius 1 is 0.351 bits per heavy atom. The van der Waals surface area contributed by atoms with E-state index < -0.39 is 5.41 Å². The van der Waals surface area contributed by atoms with Crippen molar-refractivity contribution in [2.45, 2.75) is 5.41 Å². The molecule has 13 rings (SSSR count). The monoisotopic (exact) mass is 761 g/mol. The summed E-state index contributed by atoms with van der Waals surface area (Å²) in [5, 5.41) is 7.70. The average Bonchev–Trinajstić information content (AvgIpc) is 3.90. The lowest BCUT2D eigenvalue weighted by atomic mass is 9.66. The van der Waals surface area contributed by atoms with Crippen LogP contribution < -0.4 is 9.64 Å². The van der Waals surface area contributed by atoms with Crippen molar-refractivity contribution in [2.75, 3.05) is 4.90 Å². The summed E-state index contributed by atoms with van der Waals surface area (Å²) in [5.41, 5.74) is 10.5. The first-order valence-corrected chi connectivity index (χ1v) is 21.0. The fraction of sp³-hybridized carbons (Fsp3) is 0.0189. The third-order valence-corrected chi connectivity index (χ3v) is 14.5. The molecular weight excluding hydrogens is 731 g/mol. The lowest BCUT2D eigenvalue weighted by molar-refractivity contribution is 0.437. The van der Waals surface area contributed by atoms with Gasteiger partial charge in [0.15, 0.2) is 0 Å². The highest BCUT2D eigenvalue weighted by atomic mass is 32.1. The molecule has 57 heavy (non-hydrogen) atoms. The van der Waals surface area contributed by atoms with Crippen LogP contribution in [0.2, 0.25) is 0 Å². The van der Waals surface area contributed by atoms with E-state index in [0.29, 0.717) is 0 Å². The number of nitrogens with zero attached hydrogens (tertiary/aromatic N) is 1. The highest BCUT2D eigenvalue weighted by Gasteiger charge is 2.51. The molecule has 0 bridgehead atoms. The van der Waals surface area contributed by atoms with E-state index in [1.54, 1.807) is 0 Å². The van der Waals surface area contributed by atoms with E-state index in [2.05, 4.69) is 193 Å². The highest BCUT2D eigenvalue weighted by Crippen LogP contribution is 2.63. The molecule has 0 fully saturated rings. The fourth-order valence-electron chi connectivity index (χ4n) is 9.87. The van der Waals surface area contributed by atoms with Gasteiger partial charge in [0.2, 0.25) is 0 Å². The van der Waals surface area contributed by atoms with Gasteiger partial charge in [0, 0.05) is 68.5 Å². The average molecular weight is 762 g/mol. The molecule has 4 heteroatoms. The number of fused-ring (bicyclic) bond motifs is 16. The first-order valence-electron chi connectivity index (χ1n) is 19.4. The third-order valence-electron chi connectivity index (χ3n) is 12.3. The minimum absolute atomic E-state index is 0.484. The molecule has 266 valence electrons. The normalized spacial score (nSPS) is 13.5. The van der Waals surface area contributed by atoms with Crippen molar-refractivity contribution < 1.29 is 4.74 Å². The summed E-state index contributed by atoms with van der Waals surface area (Å²) < 4.78 is 11.9. The summed E-state index contributed by atoms with van der Waals surface area (Å²) >= 11 is 3.72. The van der Waals surface area contributed by atoms with Gasteiger partial charge in [0.25, 0.3) is 0 Å².